The third-order valence-corrected chi connectivity index (χ3v) is 5.94. The number of guanidine groups is 1. The van der Waals surface area contributed by atoms with Gasteiger partial charge >= 0.3 is 0 Å². The van der Waals surface area contributed by atoms with Crippen molar-refractivity contribution in [1.29, 1.82) is 0 Å². The molecule has 1 aromatic carbocycles. The molecule has 0 aliphatic carbocycles. The van der Waals surface area contributed by atoms with Crippen molar-refractivity contribution in [2.75, 3.05) is 57.9 Å². The van der Waals surface area contributed by atoms with Crippen LogP contribution in [0.15, 0.2) is 29.3 Å². The fourth-order valence-electron chi connectivity index (χ4n) is 2.74. The van der Waals surface area contributed by atoms with Crippen LogP contribution in [-0.4, -0.2) is 77.2 Å². The van der Waals surface area contributed by atoms with Gasteiger partial charge in [-0.15, -0.1) is 24.0 Å². The highest BCUT2D eigenvalue weighted by Crippen LogP contribution is 2.11. The highest BCUT2D eigenvalue weighted by Gasteiger charge is 2.20. The third kappa shape index (κ3) is 9.11. The molecule has 0 amide bonds. The van der Waals surface area contributed by atoms with Gasteiger partial charge in [0.05, 0.1) is 25.2 Å². The van der Waals surface area contributed by atoms with Gasteiger partial charge in [0.15, 0.2) is 15.8 Å². The summed E-state index contributed by atoms with van der Waals surface area (Å²) in [6.45, 7) is 6.29. The quantitative estimate of drug-likeness (QED) is 0.310. The SMILES string of the molecule is CCNC(=NCCN1CCS(=O)(=O)CC1)NCCc1ccc(OC)cc1.I. The van der Waals surface area contributed by atoms with E-state index in [-0.39, 0.29) is 35.5 Å². The molecule has 7 nitrogen and oxygen atoms in total. The summed E-state index contributed by atoms with van der Waals surface area (Å²) in [5.41, 5.74) is 1.24. The fraction of sp³-hybridized carbons (Fsp3) is 0.611. The lowest BCUT2D eigenvalue weighted by atomic mass is 10.1. The van der Waals surface area contributed by atoms with E-state index in [9.17, 15) is 8.42 Å². The van der Waals surface area contributed by atoms with Crippen molar-refractivity contribution < 1.29 is 13.2 Å². The van der Waals surface area contributed by atoms with Crippen LogP contribution in [-0.2, 0) is 16.3 Å². The van der Waals surface area contributed by atoms with Crippen LogP contribution in [0.1, 0.15) is 12.5 Å². The van der Waals surface area contributed by atoms with Gasteiger partial charge < -0.3 is 15.4 Å². The first kappa shape index (κ1) is 24.0. The summed E-state index contributed by atoms with van der Waals surface area (Å²) in [4.78, 5) is 6.74. The predicted molar refractivity (Wildman–Crippen MR) is 121 cm³/mol. The molecule has 1 aromatic rings. The topological polar surface area (TPSA) is 83.0 Å². The molecule has 0 unspecified atom stereocenters. The van der Waals surface area contributed by atoms with Gasteiger partial charge in [0.2, 0.25) is 0 Å². The van der Waals surface area contributed by atoms with Crippen molar-refractivity contribution in [1.82, 2.24) is 15.5 Å². The van der Waals surface area contributed by atoms with E-state index in [1.54, 1.807) is 7.11 Å². The van der Waals surface area contributed by atoms with Gasteiger partial charge in [-0.1, -0.05) is 12.1 Å². The van der Waals surface area contributed by atoms with Crippen LogP contribution >= 0.6 is 24.0 Å². The maximum atomic E-state index is 11.5. The van der Waals surface area contributed by atoms with Crippen molar-refractivity contribution in [2.24, 2.45) is 4.99 Å². The zero-order chi connectivity index (χ0) is 18.8. The molecule has 2 rings (SSSR count). The molecule has 1 aliphatic heterocycles. The summed E-state index contributed by atoms with van der Waals surface area (Å²) in [6, 6.07) is 8.06. The average molecular weight is 510 g/mol. The van der Waals surface area contributed by atoms with Crippen LogP contribution in [0.4, 0.5) is 0 Å². The molecule has 1 saturated heterocycles. The average Bonchev–Trinajstić information content (AvgIpc) is 2.63. The zero-order valence-electron chi connectivity index (χ0n) is 16.1. The summed E-state index contributed by atoms with van der Waals surface area (Å²) in [5, 5.41) is 6.58. The Kier molecular flexibility index (Phi) is 11.0. The number of aliphatic imine (C=N–C) groups is 1. The molecule has 0 bridgehead atoms. The van der Waals surface area contributed by atoms with E-state index in [1.165, 1.54) is 5.56 Å². The molecule has 0 saturated carbocycles. The largest absolute Gasteiger partial charge is 0.497 e. The predicted octanol–water partition coefficient (Wildman–Crippen LogP) is 1.14. The molecule has 0 radical (unpaired) electrons. The lowest BCUT2D eigenvalue weighted by Gasteiger charge is -2.25. The number of halogens is 1. The van der Waals surface area contributed by atoms with Gasteiger partial charge in [-0.3, -0.25) is 9.89 Å². The summed E-state index contributed by atoms with van der Waals surface area (Å²) >= 11 is 0. The van der Waals surface area contributed by atoms with Crippen LogP contribution in [0.25, 0.3) is 0 Å². The van der Waals surface area contributed by atoms with Crippen molar-refractivity contribution in [2.45, 2.75) is 13.3 Å². The zero-order valence-corrected chi connectivity index (χ0v) is 19.3. The van der Waals surface area contributed by atoms with Crippen LogP contribution in [0.2, 0.25) is 0 Å². The van der Waals surface area contributed by atoms with Crippen LogP contribution in [0, 0.1) is 0 Å². The number of hydrogen-bond donors (Lipinski definition) is 2. The summed E-state index contributed by atoms with van der Waals surface area (Å²) in [5.74, 6) is 2.18. The van der Waals surface area contributed by atoms with E-state index in [0.29, 0.717) is 19.6 Å². The smallest absolute Gasteiger partial charge is 0.191 e. The fourth-order valence-corrected chi connectivity index (χ4v) is 4.01. The van der Waals surface area contributed by atoms with E-state index < -0.39 is 9.84 Å². The molecule has 0 atom stereocenters. The number of hydrogen-bond acceptors (Lipinski definition) is 5. The monoisotopic (exact) mass is 510 g/mol. The number of nitrogens with zero attached hydrogens (tertiary/aromatic N) is 2. The number of ether oxygens (including phenoxy) is 1. The van der Waals surface area contributed by atoms with Gasteiger partial charge in [0.25, 0.3) is 0 Å². The van der Waals surface area contributed by atoms with Gasteiger partial charge in [0, 0.05) is 32.7 Å². The van der Waals surface area contributed by atoms with Crippen molar-refractivity contribution in [3.05, 3.63) is 29.8 Å². The molecule has 154 valence electrons. The minimum atomic E-state index is -2.82. The first-order chi connectivity index (χ1) is 12.5. The second kappa shape index (κ2) is 12.4. The van der Waals surface area contributed by atoms with Crippen LogP contribution in [0.3, 0.4) is 0 Å². The number of rotatable bonds is 8. The first-order valence-electron chi connectivity index (χ1n) is 9.10. The van der Waals surface area contributed by atoms with Gasteiger partial charge in [-0.2, -0.15) is 0 Å². The molecule has 1 aliphatic rings. The molecule has 9 heteroatoms. The Bertz CT molecular complexity index is 666. The molecule has 0 aromatic heterocycles. The lowest BCUT2D eigenvalue weighted by Crippen LogP contribution is -2.42. The molecule has 1 heterocycles. The van der Waals surface area contributed by atoms with E-state index in [1.807, 2.05) is 19.1 Å². The Morgan fingerprint density at radius 1 is 1.19 bits per heavy atom. The second-order valence-electron chi connectivity index (χ2n) is 6.28. The minimum absolute atomic E-state index is 0. The van der Waals surface area contributed by atoms with E-state index >= 15 is 0 Å². The highest BCUT2D eigenvalue weighted by atomic mass is 127. The first-order valence-corrected chi connectivity index (χ1v) is 10.9. The Labute approximate surface area is 179 Å². The molecular weight excluding hydrogens is 479 g/mol. The number of sulfone groups is 1. The van der Waals surface area contributed by atoms with Crippen molar-refractivity contribution in [3.8, 4) is 5.75 Å². The standard InChI is InChI=1S/C18H30N4O3S.HI/c1-3-19-18(20-9-8-16-4-6-17(25-2)7-5-16)21-10-11-22-12-14-26(23,24)15-13-22;/h4-7H,3,8-15H2,1-2H3,(H2,19,20,21);1H. The van der Waals surface area contributed by atoms with Gasteiger partial charge in [-0.25, -0.2) is 8.42 Å². The van der Waals surface area contributed by atoms with E-state index in [4.69, 9.17) is 4.74 Å². The number of nitrogens with one attached hydrogen (secondary N) is 2. The van der Waals surface area contributed by atoms with Crippen molar-refractivity contribution in [3.63, 3.8) is 0 Å². The van der Waals surface area contributed by atoms with Crippen LogP contribution in [0.5, 0.6) is 5.75 Å². The molecule has 2 N–H and O–H groups in total. The normalized spacial score (nSPS) is 17.0. The molecule has 27 heavy (non-hydrogen) atoms. The van der Waals surface area contributed by atoms with Crippen LogP contribution < -0.4 is 15.4 Å². The maximum absolute atomic E-state index is 11.5. The van der Waals surface area contributed by atoms with E-state index in [2.05, 4.69) is 32.7 Å². The molecule has 0 spiro atoms. The summed E-state index contributed by atoms with van der Waals surface area (Å²) in [7, 11) is -1.15. The van der Waals surface area contributed by atoms with Gasteiger partial charge in [0.1, 0.15) is 5.75 Å². The maximum Gasteiger partial charge on any atom is 0.191 e. The lowest BCUT2D eigenvalue weighted by molar-refractivity contribution is 0.304. The number of methoxy groups -OCH3 is 1. The Morgan fingerprint density at radius 3 is 2.44 bits per heavy atom. The molecular formula is C18H31IN4O3S. The Morgan fingerprint density at radius 2 is 1.85 bits per heavy atom. The van der Waals surface area contributed by atoms with Crippen molar-refractivity contribution >= 4 is 39.8 Å². The van der Waals surface area contributed by atoms with E-state index in [0.717, 1.165) is 37.8 Å². The third-order valence-electron chi connectivity index (χ3n) is 4.33. The minimum Gasteiger partial charge on any atom is -0.497 e. The number of benzene rings is 1. The molecule has 1 fully saturated rings. The second-order valence-corrected chi connectivity index (χ2v) is 8.58. The summed E-state index contributed by atoms with van der Waals surface area (Å²) < 4.78 is 28.1. The van der Waals surface area contributed by atoms with Gasteiger partial charge in [-0.05, 0) is 31.0 Å². The highest BCUT2D eigenvalue weighted by molar-refractivity contribution is 14.0. The Hall–Kier alpha value is -1.07. The Balaban J connectivity index is 0.00000364. The summed E-state index contributed by atoms with van der Waals surface area (Å²) in [6.07, 6.45) is 0.901.